The second-order valence-corrected chi connectivity index (χ2v) is 5.03. The van der Waals surface area contributed by atoms with Crippen molar-refractivity contribution < 1.29 is 0 Å². The van der Waals surface area contributed by atoms with E-state index in [1.54, 1.807) is 6.07 Å². The Morgan fingerprint density at radius 3 is 2.29 bits per heavy atom. The highest BCUT2D eigenvalue weighted by Gasteiger charge is 2.18. The zero-order chi connectivity index (χ0) is 14.7. The molecule has 5 nitrogen and oxygen atoms in total. The van der Waals surface area contributed by atoms with Gasteiger partial charge in [0.1, 0.15) is 11.9 Å². The number of hydrogen-bond donors (Lipinski definition) is 1. The first-order valence-electron chi connectivity index (χ1n) is 6.99. The largest absolute Gasteiger partial charge is 0.396 e. The Balaban J connectivity index is 1.70. The van der Waals surface area contributed by atoms with Crippen molar-refractivity contribution in [1.29, 1.82) is 5.26 Å². The normalized spacial score (nSPS) is 14.8. The Bertz CT molecular complexity index is 654. The SMILES string of the molecule is N#Cc1nc(N2CCN(c3ccccc3)CC2)ccc1N. The van der Waals surface area contributed by atoms with Crippen LogP contribution in [0.1, 0.15) is 5.69 Å². The van der Waals surface area contributed by atoms with Gasteiger partial charge >= 0.3 is 0 Å². The Labute approximate surface area is 124 Å². The third-order valence-electron chi connectivity index (χ3n) is 3.74. The van der Waals surface area contributed by atoms with Gasteiger partial charge in [-0.3, -0.25) is 0 Å². The van der Waals surface area contributed by atoms with Crippen molar-refractivity contribution in [2.24, 2.45) is 0 Å². The van der Waals surface area contributed by atoms with Crippen LogP contribution >= 0.6 is 0 Å². The number of para-hydroxylation sites is 1. The molecule has 2 N–H and O–H groups in total. The lowest BCUT2D eigenvalue weighted by Crippen LogP contribution is -2.46. The van der Waals surface area contributed by atoms with E-state index >= 15 is 0 Å². The molecule has 3 rings (SSSR count). The van der Waals surface area contributed by atoms with Crippen molar-refractivity contribution in [3.05, 3.63) is 48.2 Å². The maximum atomic E-state index is 9.01. The molecule has 2 heterocycles. The second kappa shape index (κ2) is 5.71. The van der Waals surface area contributed by atoms with Crippen LogP contribution in [0.25, 0.3) is 0 Å². The quantitative estimate of drug-likeness (QED) is 0.908. The molecule has 0 atom stereocenters. The molecule has 5 heteroatoms. The molecule has 106 valence electrons. The van der Waals surface area contributed by atoms with Gasteiger partial charge in [0.2, 0.25) is 0 Å². The zero-order valence-electron chi connectivity index (χ0n) is 11.7. The summed E-state index contributed by atoms with van der Waals surface area (Å²) in [5.41, 5.74) is 7.70. The molecule has 0 unspecified atom stereocenters. The maximum absolute atomic E-state index is 9.01. The Morgan fingerprint density at radius 2 is 1.62 bits per heavy atom. The van der Waals surface area contributed by atoms with Gasteiger partial charge in [0.15, 0.2) is 5.69 Å². The summed E-state index contributed by atoms with van der Waals surface area (Å²) < 4.78 is 0. The number of pyridine rings is 1. The van der Waals surface area contributed by atoms with Crippen molar-refractivity contribution in [3.63, 3.8) is 0 Å². The lowest BCUT2D eigenvalue weighted by Gasteiger charge is -2.36. The molecule has 1 aromatic carbocycles. The summed E-state index contributed by atoms with van der Waals surface area (Å²) in [7, 11) is 0. The van der Waals surface area contributed by atoms with E-state index in [1.807, 2.05) is 18.2 Å². The maximum Gasteiger partial charge on any atom is 0.165 e. The third-order valence-corrected chi connectivity index (χ3v) is 3.74. The van der Waals surface area contributed by atoms with Gasteiger partial charge in [0, 0.05) is 31.9 Å². The van der Waals surface area contributed by atoms with E-state index in [0.29, 0.717) is 11.4 Å². The van der Waals surface area contributed by atoms with Crippen molar-refractivity contribution >= 4 is 17.2 Å². The van der Waals surface area contributed by atoms with E-state index in [0.717, 1.165) is 32.0 Å². The fourth-order valence-electron chi connectivity index (χ4n) is 2.56. The number of nitrogens with two attached hydrogens (primary N) is 1. The summed E-state index contributed by atoms with van der Waals surface area (Å²) in [5, 5.41) is 9.01. The van der Waals surface area contributed by atoms with Crippen LogP contribution in [0.2, 0.25) is 0 Å². The minimum Gasteiger partial charge on any atom is -0.396 e. The number of hydrogen-bond acceptors (Lipinski definition) is 5. The van der Waals surface area contributed by atoms with E-state index in [-0.39, 0.29) is 0 Å². The first-order valence-corrected chi connectivity index (χ1v) is 6.99. The highest BCUT2D eigenvalue weighted by atomic mass is 15.3. The predicted octanol–water partition coefficient (Wildman–Crippen LogP) is 1.86. The monoisotopic (exact) mass is 279 g/mol. The highest BCUT2D eigenvalue weighted by Crippen LogP contribution is 2.20. The molecule has 0 spiro atoms. The van der Waals surface area contributed by atoms with Crippen LogP contribution in [-0.4, -0.2) is 31.2 Å². The standard InChI is InChI=1S/C16H17N5/c17-12-15-14(18)6-7-16(19-15)21-10-8-20(9-11-21)13-4-2-1-3-5-13/h1-7H,8-11,18H2. The molecule has 0 aliphatic carbocycles. The molecule has 0 bridgehead atoms. The Kier molecular flexibility index (Phi) is 3.61. The minimum absolute atomic E-state index is 0.304. The van der Waals surface area contributed by atoms with Crippen LogP contribution in [0.4, 0.5) is 17.2 Å². The van der Waals surface area contributed by atoms with Gasteiger partial charge in [-0.15, -0.1) is 0 Å². The number of piperazine rings is 1. The first kappa shape index (κ1) is 13.3. The summed E-state index contributed by atoms with van der Waals surface area (Å²) in [4.78, 5) is 8.89. The average molecular weight is 279 g/mol. The molecule has 0 amide bonds. The second-order valence-electron chi connectivity index (χ2n) is 5.03. The molecule has 21 heavy (non-hydrogen) atoms. The van der Waals surface area contributed by atoms with Crippen molar-refractivity contribution in [3.8, 4) is 6.07 Å². The van der Waals surface area contributed by atoms with Crippen LogP contribution < -0.4 is 15.5 Å². The molecule has 1 aliphatic rings. The van der Waals surface area contributed by atoms with E-state index in [1.165, 1.54) is 5.69 Å². The number of anilines is 3. The topological polar surface area (TPSA) is 69.2 Å². The van der Waals surface area contributed by atoms with Crippen molar-refractivity contribution in [2.45, 2.75) is 0 Å². The fourth-order valence-corrected chi connectivity index (χ4v) is 2.56. The van der Waals surface area contributed by atoms with E-state index < -0.39 is 0 Å². The van der Waals surface area contributed by atoms with Crippen LogP contribution in [0.5, 0.6) is 0 Å². The molecular weight excluding hydrogens is 262 g/mol. The summed E-state index contributed by atoms with van der Waals surface area (Å²) in [5.74, 6) is 0.827. The Morgan fingerprint density at radius 1 is 0.952 bits per heavy atom. The van der Waals surface area contributed by atoms with Crippen molar-refractivity contribution in [2.75, 3.05) is 41.7 Å². The predicted molar refractivity (Wildman–Crippen MR) is 84.2 cm³/mol. The van der Waals surface area contributed by atoms with Gasteiger partial charge in [-0.25, -0.2) is 4.98 Å². The summed E-state index contributed by atoms with van der Waals surface area (Å²) >= 11 is 0. The third kappa shape index (κ3) is 2.75. The number of nitriles is 1. The number of nitrogen functional groups attached to an aromatic ring is 1. The smallest absolute Gasteiger partial charge is 0.165 e. The van der Waals surface area contributed by atoms with E-state index in [9.17, 15) is 0 Å². The summed E-state index contributed by atoms with van der Waals surface area (Å²) in [6.07, 6.45) is 0. The van der Waals surface area contributed by atoms with E-state index in [2.05, 4.69) is 39.0 Å². The lowest BCUT2D eigenvalue weighted by molar-refractivity contribution is 0.647. The molecule has 0 saturated carbocycles. The van der Waals surface area contributed by atoms with Crippen LogP contribution in [0.15, 0.2) is 42.5 Å². The molecule has 1 aromatic heterocycles. The molecular formula is C16H17N5. The molecule has 1 aliphatic heterocycles. The van der Waals surface area contributed by atoms with Crippen LogP contribution in [0.3, 0.4) is 0 Å². The fraction of sp³-hybridized carbons (Fsp3) is 0.250. The van der Waals surface area contributed by atoms with E-state index in [4.69, 9.17) is 11.0 Å². The molecule has 1 saturated heterocycles. The van der Waals surface area contributed by atoms with Gasteiger partial charge in [-0.2, -0.15) is 5.26 Å². The summed E-state index contributed by atoms with van der Waals surface area (Å²) in [6, 6.07) is 16.1. The van der Waals surface area contributed by atoms with Gasteiger partial charge in [-0.1, -0.05) is 18.2 Å². The first-order chi connectivity index (χ1) is 10.3. The van der Waals surface area contributed by atoms with Gasteiger partial charge in [0.05, 0.1) is 5.69 Å². The van der Waals surface area contributed by atoms with Crippen LogP contribution in [-0.2, 0) is 0 Å². The number of benzene rings is 1. The molecule has 2 aromatic rings. The lowest BCUT2D eigenvalue weighted by atomic mass is 10.2. The number of rotatable bonds is 2. The van der Waals surface area contributed by atoms with Crippen molar-refractivity contribution in [1.82, 2.24) is 4.98 Å². The number of aromatic nitrogens is 1. The Hall–Kier alpha value is -2.74. The minimum atomic E-state index is 0.304. The summed E-state index contributed by atoms with van der Waals surface area (Å²) in [6.45, 7) is 3.66. The number of nitrogens with zero attached hydrogens (tertiary/aromatic N) is 4. The highest BCUT2D eigenvalue weighted by molar-refractivity contribution is 5.56. The zero-order valence-corrected chi connectivity index (χ0v) is 11.7. The van der Waals surface area contributed by atoms with Gasteiger partial charge in [0.25, 0.3) is 0 Å². The van der Waals surface area contributed by atoms with Crippen LogP contribution in [0, 0.1) is 11.3 Å². The molecule has 1 fully saturated rings. The average Bonchev–Trinajstić information content (AvgIpc) is 2.56. The van der Waals surface area contributed by atoms with Gasteiger partial charge < -0.3 is 15.5 Å². The van der Waals surface area contributed by atoms with Gasteiger partial charge in [-0.05, 0) is 24.3 Å². The molecule has 0 radical (unpaired) electrons.